The molecule has 0 aliphatic rings. The molecule has 0 saturated heterocycles. The molecule has 13 heteroatoms. The minimum atomic E-state index is -1.16. The zero-order valence-corrected chi connectivity index (χ0v) is 19.6. The Morgan fingerprint density at radius 2 is 0.818 bits per heavy atom. The lowest BCUT2D eigenvalue weighted by atomic mass is 10.3. The van der Waals surface area contributed by atoms with Crippen LogP contribution < -0.4 is 0 Å². The molecule has 0 aromatic heterocycles. The summed E-state index contributed by atoms with van der Waals surface area (Å²) < 4.78 is 10.1. The van der Waals surface area contributed by atoms with Gasteiger partial charge in [0.05, 0.1) is 44.9 Å². The summed E-state index contributed by atoms with van der Waals surface area (Å²) in [5.74, 6) is -4.66. The number of carbonyl (C=O) groups excluding carboxylic acids is 2. The average Bonchev–Trinajstić information content (AvgIpc) is 2.60. The Morgan fingerprint density at radius 3 is 1.09 bits per heavy atom. The fraction of sp³-hybridized carbons (Fsp3) is 0.750. The maximum atomic E-state index is 11.9. The van der Waals surface area contributed by atoms with Crippen LogP contribution in [0.5, 0.6) is 0 Å². The topological polar surface area (TPSA) is 174 Å². The maximum absolute atomic E-state index is 11.9. The van der Waals surface area contributed by atoms with Gasteiger partial charge in [-0.1, -0.05) is 0 Å². The predicted octanol–water partition coefficient (Wildman–Crippen LogP) is -0.951. The van der Waals surface area contributed by atoms with E-state index in [0.29, 0.717) is 0 Å². The summed E-state index contributed by atoms with van der Waals surface area (Å²) in [6.45, 7) is 5.09. The van der Waals surface area contributed by atoms with E-state index in [-0.39, 0.29) is 51.5 Å². The monoisotopic (exact) mass is 477 g/mol. The van der Waals surface area contributed by atoms with Crippen LogP contribution in [0, 0.1) is 0 Å². The van der Waals surface area contributed by atoms with Crippen molar-refractivity contribution in [3.63, 3.8) is 0 Å². The number of ether oxygens (including phenoxy) is 2. The summed E-state index contributed by atoms with van der Waals surface area (Å²) in [5.41, 5.74) is 0. The lowest BCUT2D eigenvalue weighted by molar-refractivity contribution is -0.151. The third-order valence-corrected chi connectivity index (χ3v) is 3.98. The highest BCUT2D eigenvalue weighted by Crippen LogP contribution is 2.00. The van der Waals surface area contributed by atoms with E-state index in [0.717, 1.165) is 0 Å². The van der Waals surface area contributed by atoms with Gasteiger partial charge in [-0.15, -0.1) is 0 Å². The van der Waals surface area contributed by atoms with Crippen molar-refractivity contribution in [2.45, 2.75) is 39.9 Å². The number of esters is 2. The largest absolute Gasteiger partial charge is 0.480 e. The van der Waals surface area contributed by atoms with Crippen molar-refractivity contribution >= 4 is 29.8 Å². The van der Waals surface area contributed by atoms with Crippen LogP contribution in [0.15, 0.2) is 0 Å². The van der Waals surface area contributed by atoms with Crippen LogP contribution >= 0.6 is 0 Å². The molecule has 3 N–H and O–H groups in total. The highest BCUT2D eigenvalue weighted by Gasteiger charge is 2.21. The van der Waals surface area contributed by atoms with Crippen LogP contribution in [0.4, 0.5) is 0 Å². The number of nitrogens with zero attached hydrogens (tertiary/aromatic N) is 3. The third kappa shape index (κ3) is 17.5. The van der Waals surface area contributed by atoms with Gasteiger partial charge in [-0.25, -0.2) is 0 Å². The smallest absolute Gasteiger partial charge is 0.320 e. The summed E-state index contributed by atoms with van der Waals surface area (Å²) in [6, 6.07) is 0. The molecule has 0 atom stereocenters. The van der Waals surface area contributed by atoms with Gasteiger partial charge in [0.15, 0.2) is 0 Å². The molecule has 0 rings (SSSR count). The molecule has 33 heavy (non-hydrogen) atoms. The van der Waals surface area contributed by atoms with Crippen molar-refractivity contribution in [2.24, 2.45) is 0 Å². The minimum Gasteiger partial charge on any atom is -0.480 e. The van der Waals surface area contributed by atoms with Crippen LogP contribution in [-0.2, 0) is 33.4 Å². The number of carboxylic acids is 3. The fourth-order valence-electron chi connectivity index (χ4n) is 2.80. The molecule has 0 amide bonds. The first-order valence-electron chi connectivity index (χ1n) is 10.5. The SMILES string of the molecule is CC(C)OC(=O)CN(CCN(CCN(CC(=O)O)CC(=O)OC(C)C)CC(=O)O)CC(=O)O. The molecule has 0 spiro atoms. The average molecular weight is 478 g/mol. The predicted molar refractivity (Wildman–Crippen MR) is 115 cm³/mol. The van der Waals surface area contributed by atoms with E-state index < -0.39 is 49.5 Å². The molecule has 0 aliphatic heterocycles. The van der Waals surface area contributed by atoms with Gasteiger partial charge >= 0.3 is 29.8 Å². The van der Waals surface area contributed by atoms with Crippen molar-refractivity contribution in [3.05, 3.63) is 0 Å². The van der Waals surface area contributed by atoms with E-state index in [9.17, 15) is 29.1 Å². The van der Waals surface area contributed by atoms with E-state index in [4.69, 9.17) is 19.7 Å². The lowest BCUT2D eigenvalue weighted by Crippen LogP contribution is -2.46. The van der Waals surface area contributed by atoms with E-state index in [1.807, 2.05) is 0 Å². The molecular weight excluding hydrogens is 442 g/mol. The van der Waals surface area contributed by atoms with Crippen molar-refractivity contribution in [2.75, 3.05) is 58.9 Å². The highest BCUT2D eigenvalue weighted by molar-refractivity contribution is 5.74. The standard InChI is InChI=1S/C20H35N3O10/c1-14(2)32-19(30)12-22(10-17(26)27)7-5-21(9-16(24)25)6-8-23(11-18(28)29)13-20(31)33-15(3)4/h14-15H,5-13H2,1-4H3,(H,24,25)(H,26,27)(H,28,29). The molecular formula is C20H35N3O10. The zero-order chi connectivity index (χ0) is 25.6. The molecule has 13 nitrogen and oxygen atoms in total. The summed E-state index contributed by atoms with van der Waals surface area (Å²) in [4.78, 5) is 61.4. The first kappa shape index (κ1) is 30.2. The van der Waals surface area contributed by atoms with Crippen molar-refractivity contribution in [3.8, 4) is 0 Å². The molecule has 0 radical (unpaired) electrons. The lowest BCUT2D eigenvalue weighted by Gasteiger charge is -2.28. The van der Waals surface area contributed by atoms with E-state index in [1.165, 1.54) is 14.7 Å². The fourth-order valence-corrected chi connectivity index (χ4v) is 2.80. The second kappa shape index (κ2) is 15.9. The molecule has 190 valence electrons. The molecule has 0 unspecified atom stereocenters. The molecule has 0 saturated carbocycles. The molecule has 0 aromatic carbocycles. The van der Waals surface area contributed by atoms with E-state index >= 15 is 0 Å². The maximum Gasteiger partial charge on any atom is 0.320 e. The summed E-state index contributed by atoms with van der Waals surface area (Å²) in [6.07, 6.45) is -0.731. The molecule has 0 aliphatic carbocycles. The second-order valence-electron chi connectivity index (χ2n) is 7.96. The quantitative estimate of drug-likeness (QED) is 0.206. The number of carbonyl (C=O) groups is 5. The number of aliphatic carboxylic acids is 3. The van der Waals surface area contributed by atoms with Gasteiger partial charge in [-0.2, -0.15) is 0 Å². The van der Waals surface area contributed by atoms with Crippen molar-refractivity contribution in [1.82, 2.24) is 14.7 Å². The highest BCUT2D eigenvalue weighted by atomic mass is 16.5. The van der Waals surface area contributed by atoms with Gasteiger partial charge in [-0.05, 0) is 27.7 Å². The molecule has 0 aromatic rings. The van der Waals surface area contributed by atoms with Crippen LogP contribution in [-0.4, -0.2) is 131 Å². The second-order valence-corrected chi connectivity index (χ2v) is 7.96. The van der Waals surface area contributed by atoms with Gasteiger partial charge in [-0.3, -0.25) is 38.7 Å². The molecule has 0 bridgehead atoms. The van der Waals surface area contributed by atoms with Crippen molar-refractivity contribution in [1.29, 1.82) is 0 Å². The Morgan fingerprint density at radius 1 is 0.545 bits per heavy atom. The molecule has 0 heterocycles. The Labute approximate surface area is 192 Å². The van der Waals surface area contributed by atoms with Crippen molar-refractivity contribution < 1.29 is 48.8 Å². The van der Waals surface area contributed by atoms with Gasteiger partial charge < -0.3 is 24.8 Å². The Kier molecular flexibility index (Phi) is 14.6. The first-order chi connectivity index (χ1) is 15.3. The Hall–Kier alpha value is -2.77. The molecule has 0 fully saturated rings. The van der Waals surface area contributed by atoms with Crippen LogP contribution in [0.1, 0.15) is 27.7 Å². The van der Waals surface area contributed by atoms with Crippen LogP contribution in [0.2, 0.25) is 0 Å². The summed E-state index contributed by atoms with van der Waals surface area (Å²) in [7, 11) is 0. The normalized spacial score (nSPS) is 11.4. The first-order valence-corrected chi connectivity index (χ1v) is 10.5. The zero-order valence-electron chi connectivity index (χ0n) is 19.6. The summed E-state index contributed by atoms with van der Waals surface area (Å²) in [5, 5.41) is 27.4. The number of hydrogen-bond donors (Lipinski definition) is 3. The number of carboxylic acid groups (broad SMARTS) is 3. The number of rotatable bonds is 18. The van der Waals surface area contributed by atoms with E-state index in [1.54, 1.807) is 27.7 Å². The summed E-state index contributed by atoms with van der Waals surface area (Å²) >= 11 is 0. The van der Waals surface area contributed by atoms with Crippen LogP contribution in [0.25, 0.3) is 0 Å². The minimum absolute atomic E-state index is 0.0566. The Bertz CT molecular complexity index is 620. The van der Waals surface area contributed by atoms with Gasteiger partial charge in [0.2, 0.25) is 0 Å². The van der Waals surface area contributed by atoms with Gasteiger partial charge in [0.25, 0.3) is 0 Å². The van der Waals surface area contributed by atoms with E-state index in [2.05, 4.69) is 0 Å². The van der Waals surface area contributed by atoms with Crippen LogP contribution in [0.3, 0.4) is 0 Å². The third-order valence-electron chi connectivity index (χ3n) is 3.98. The van der Waals surface area contributed by atoms with Gasteiger partial charge in [0.1, 0.15) is 0 Å². The Balaban J connectivity index is 5.09. The number of hydrogen-bond acceptors (Lipinski definition) is 10. The van der Waals surface area contributed by atoms with Gasteiger partial charge in [0, 0.05) is 26.2 Å².